The molecule has 2 heterocycles. The zero-order chi connectivity index (χ0) is 15.0. The van der Waals surface area contributed by atoms with Crippen LogP contribution in [0.1, 0.15) is 57.1 Å². The Balaban J connectivity index is 1.94. The monoisotopic (exact) mass is 290 g/mol. The van der Waals surface area contributed by atoms with Crippen LogP contribution in [-0.2, 0) is 11.2 Å². The first-order valence-corrected chi connectivity index (χ1v) is 8.19. The van der Waals surface area contributed by atoms with Crippen LogP contribution in [0.4, 0.5) is 0 Å². The maximum Gasteiger partial charge on any atom is 0.243 e. The molecule has 116 valence electrons. The van der Waals surface area contributed by atoms with Gasteiger partial charge in [0, 0.05) is 32.1 Å². The Hall–Kier alpha value is -1.36. The molecule has 1 amide bonds. The minimum atomic E-state index is -0.167. The Morgan fingerprint density at radius 1 is 1.48 bits per heavy atom. The fourth-order valence-electron chi connectivity index (χ4n) is 3.25. The van der Waals surface area contributed by atoms with E-state index in [-0.39, 0.29) is 11.9 Å². The standard InChI is InChI=1S/C16H26N4O/c1-4-17-16(21)15-14-13(18-10-20(14)11(2)3)7-8-19(15)9-12-5-6-12/h10-12,15H,4-9H2,1-3H3,(H,17,21)/t15-/m1/s1. The molecule has 3 rings (SSSR count). The molecular formula is C16H26N4O. The minimum absolute atomic E-state index is 0.126. The zero-order valence-corrected chi connectivity index (χ0v) is 13.3. The van der Waals surface area contributed by atoms with Gasteiger partial charge < -0.3 is 9.88 Å². The van der Waals surface area contributed by atoms with E-state index in [1.165, 1.54) is 12.8 Å². The lowest BCUT2D eigenvalue weighted by atomic mass is 10.0. The van der Waals surface area contributed by atoms with Crippen molar-refractivity contribution in [3.63, 3.8) is 0 Å². The molecule has 0 radical (unpaired) electrons. The number of rotatable bonds is 5. The molecule has 5 nitrogen and oxygen atoms in total. The summed E-state index contributed by atoms with van der Waals surface area (Å²) in [4.78, 5) is 19.6. The Morgan fingerprint density at radius 2 is 2.24 bits per heavy atom. The van der Waals surface area contributed by atoms with Crippen LogP contribution in [0, 0.1) is 5.92 Å². The Bertz CT molecular complexity index is 518. The van der Waals surface area contributed by atoms with Crippen molar-refractivity contribution in [3.8, 4) is 0 Å². The molecule has 1 N–H and O–H groups in total. The quantitative estimate of drug-likeness (QED) is 0.901. The summed E-state index contributed by atoms with van der Waals surface area (Å²) in [5.41, 5.74) is 2.22. The van der Waals surface area contributed by atoms with Gasteiger partial charge in [0.2, 0.25) is 5.91 Å². The molecule has 0 aromatic carbocycles. The van der Waals surface area contributed by atoms with Crippen LogP contribution in [0.25, 0.3) is 0 Å². The second-order valence-corrected chi connectivity index (χ2v) is 6.56. The zero-order valence-electron chi connectivity index (χ0n) is 13.3. The number of carbonyl (C=O) groups is 1. The number of likely N-dealkylation sites (N-methyl/N-ethyl adjacent to an activating group) is 1. The number of aromatic nitrogens is 2. The molecule has 1 aliphatic carbocycles. The molecule has 1 fully saturated rings. The van der Waals surface area contributed by atoms with Gasteiger partial charge in [-0.1, -0.05) is 0 Å². The van der Waals surface area contributed by atoms with Gasteiger partial charge >= 0.3 is 0 Å². The number of imidazole rings is 1. The fourth-order valence-corrected chi connectivity index (χ4v) is 3.25. The van der Waals surface area contributed by atoms with Crippen LogP contribution in [0.2, 0.25) is 0 Å². The van der Waals surface area contributed by atoms with Gasteiger partial charge in [-0.2, -0.15) is 0 Å². The molecule has 2 aliphatic rings. The summed E-state index contributed by atoms with van der Waals surface area (Å²) in [6.07, 6.45) is 5.49. The smallest absolute Gasteiger partial charge is 0.243 e. The largest absolute Gasteiger partial charge is 0.355 e. The van der Waals surface area contributed by atoms with Crippen LogP contribution in [0.15, 0.2) is 6.33 Å². The average molecular weight is 290 g/mol. The van der Waals surface area contributed by atoms with Crippen LogP contribution in [0.3, 0.4) is 0 Å². The summed E-state index contributed by atoms with van der Waals surface area (Å²) in [7, 11) is 0. The Kier molecular flexibility index (Phi) is 4.02. The van der Waals surface area contributed by atoms with Gasteiger partial charge in [-0.3, -0.25) is 9.69 Å². The number of hydrogen-bond donors (Lipinski definition) is 1. The number of nitrogens with zero attached hydrogens (tertiary/aromatic N) is 3. The Morgan fingerprint density at radius 3 is 2.86 bits per heavy atom. The summed E-state index contributed by atoms with van der Waals surface area (Å²) in [5.74, 6) is 0.917. The van der Waals surface area contributed by atoms with Crippen molar-refractivity contribution in [2.24, 2.45) is 5.92 Å². The van der Waals surface area contributed by atoms with E-state index in [2.05, 4.69) is 33.6 Å². The van der Waals surface area contributed by atoms with Gasteiger partial charge in [0.25, 0.3) is 0 Å². The maximum atomic E-state index is 12.7. The van der Waals surface area contributed by atoms with E-state index in [0.29, 0.717) is 12.6 Å². The molecule has 21 heavy (non-hydrogen) atoms. The topological polar surface area (TPSA) is 50.2 Å². The van der Waals surface area contributed by atoms with Crippen molar-refractivity contribution in [1.29, 1.82) is 0 Å². The van der Waals surface area contributed by atoms with Gasteiger partial charge in [-0.15, -0.1) is 0 Å². The van der Waals surface area contributed by atoms with Crippen molar-refractivity contribution >= 4 is 5.91 Å². The van der Waals surface area contributed by atoms with Crippen molar-refractivity contribution in [3.05, 3.63) is 17.7 Å². The molecule has 5 heteroatoms. The highest BCUT2D eigenvalue weighted by molar-refractivity contribution is 5.83. The molecule has 1 aromatic rings. The number of carbonyl (C=O) groups excluding carboxylic acids is 1. The molecule has 1 aliphatic heterocycles. The third-order valence-electron chi connectivity index (χ3n) is 4.52. The number of nitrogens with one attached hydrogen (secondary N) is 1. The van der Waals surface area contributed by atoms with E-state index in [4.69, 9.17) is 0 Å². The average Bonchev–Trinajstić information content (AvgIpc) is 3.15. The van der Waals surface area contributed by atoms with Crippen LogP contribution in [-0.4, -0.2) is 40.0 Å². The predicted octanol–water partition coefficient (Wildman–Crippen LogP) is 1.91. The lowest BCUT2D eigenvalue weighted by Gasteiger charge is -2.35. The summed E-state index contributed by atoms with van der Waals surface area (Å²) < 4.78 is 2.17. The molecule has 0 spiro atoms. The van der Waals surface area contributed by atoms with Crippen LogP contribution >= 0.6 is 0 Å². The van der Waals surface area contributed by atoms with Crippen LogP contribution in [0.5, 0.6) is 0 Å². The first-order chi connectivity index (χ1) is 10.1. The second-order valence-electron chi connectivity index (χ2n) is 6.56. The van der Waals surface area contributed by atoms with Crippen molar-refractivity contribution in [2.75, 3.05) is 19.6 Å². The highest BCUT2D eigenvalue weighted by Gasteiger charge is 2.39. The fraction of sp³-hybridized carbons (Fsp3) is 0.750. The van der Waals surface area contributed by atoms with Gasteiger partial charge in [0.05, 0.1) is 17.7 Å². The number of amides is 1. The van der Waals surface area contributed by atoms with Crippen LogP contribution < -0.4 is 5.32 Å². The molecule has 1 atom stereocenters. The molecule has 0 unspecified atom stereocenters. The summed E-state index contributed by atoms with van der Waals surface area (Å²) in [5, 5.41) is 3.01. The normalized spacial score (nSPS) is 22.4. The van der Waals surface area contributed by atoms with E-state index in [1.807, 2.05) is 13.3 Å². The first-order valence-electron chi connectivity index (χ1n) is 8.19. The highest BCUT2D eigenvalue weighted by Crippen LogP contribution is 2.36. The van der Waals surface area contributed by atoms with Crippen molar-refractivity contribution < 1.29 is 4.79 Å². The maximum absolute atomic E-state index is 12.7. The summed E-state index contributed by atoms with van der Waals surface area (Å²) >= 11 is 0. The second kappa shape index (κ2) is 5.79. The molecule has 0 bridgehead atoms. The van der Waals surface area contributed by atoms with Gasteiger partial charge in [0.15, 0.2) is 0 Å². The SMILES string of the molecule is CCNC(=O)[C@H]1c2c(ncn2C(C)C)CCN1CC1CC1. The van der Waals surface area contributed by atoms with E-state index in [0.717, 1.165) is 36.8 Å². The third-order valence-corrected chi connectivity index (χ3v) is 4.52. The van der Waals surface area contributed by atoms with E-state index in [1.54, 1.807) is 0 Å². The number of fused-ring (bicyclic) bond motifs is 1. The molecule has 0 saturated heterocycles. The van der Waals surface area contributed by atoms with Gasteiger partial charge in [-0.05, 0) is 39.5 Å². The lowest BCUT2D eigenvalue weighted by Crippen LogP contribution is -2.46. The highest BCUT2D eigenvalue weighted by atomic mass is 16.2. The molecule has 1 aromatic heterocycles. The molecular weight excluding hydrogens is 264 g/mol. The Labute approximate surface area is 126 Å². The number of hydrogen-bond acceptors (Lipinski definition) is 3. The van der Waals surface area contributed by atoms with Crippen molar-refractivity contribution in [2.45, 2.75) is 52.1 Å². The van der Waals surface area contributed by atoms with E-state index >= 15 is 0 Å². The summed E-state index contributed by atoms with van der Waals surface area (Å²) in [6.45, 7) is 8.95. The summed E-state index contributed by atoms with van der Waals surface area (Å²) in [6, 6.07) is 0.165. The minimum Gasteiger partial charge on any atom is -0.355 e. The van der Waals surface area contributed by atoms with Crippen molar-refractivity contribution in [1.82, 2.24) is 19.8 Å². The van der Waals surface area contributed by atoms with E-state index < -0.39 is 0 Å². The van der Waals surface area contributed by atoms with E-state index in [9.17, 15) is 4.79 Å². The molecule has 1 saturated carbocycles. The van der Waals surface area contributed by atoms with Gasteiger partial charge in [0.1, 0.15) is 6.04 Å². The third kappa shape index (κ3) is 2.84. The van der Waals surface area contributed by atoms with Gasteiger partial charge in [-0.25, -0.2) is 4.98 Å². The first kappa shape index (κ1) is 14.6. The lowest BCUT2D eigenvalue weighted by molar-refractivity contribution is -0.127. The predicted molar refractivity (Wildman–Crippen MR) is 82.0 cm³/mol.